The second-order valence-corrected chi connectivity index (χ2v) is 4.42. The first kappa shape index (κ1) is 10.8. The molecule has 4 aromatic heterocycles. The van der Waals surface area contributed by atoms with Crippen molar-refractivity contribution in [3.8, 4) is 0 Å². The number of nitrogens with zero attached hydrogens (tertiary/aromatic N) is 3. The Morgan fingerprint density at radius 2 is 2.18 bits per heavy atom. The van der Waals surface area contributed by atoms with Crippen molar-refractivity contribution in [2.24, 2.45) is 0 Å². The third kappa shape index (κ3) is 1.37. The van der Waals surface area contributed by atoms with E-state index in [0.717, 1.165) is 26.8 Å². The first-order valence-electron chi connectivity index (χ1n) is 4.94. The second kappa shape index (κ2) is 3.88. The van der Waals surface area contributed by atoms with Crippen LogP contribution in [0, 0.1) is 6.07 Å². The van der Waals surface area contributed by atoms with E-state index in [1.807, 2.05) is 23.8 Å². The largest absolute Gasteiger partial charge is 0.382 e. The van der Waals surface area contributed by atoms with E-state index in [0.29, 0.717) is 0 Å². The molecule has 0 atom stereocenters. The summed E-state index contributed by atoms with van der Waals surface area (Å²) < 4.78 is 2.10. The second-order valence-electron chi connectivity index (χ2n) is 3.58. The molecule has 0 spiro atoms. The Hall–Kier alpha value is -1.29. The van der Waals surface area contributed by atoms with E-state index < -0.39 is 0 Å². The molecule has 0 saturated heterocycles. The minimum atomic E-state index is 0. The van der Waals surface area contributed by atoms with Crippen molar-refractivity contribution in [1.29, 1.82) is 0 Å². The van der Waals surface area contributed by atoms with E-state index >= 15 is 0 Å². The van der Waals surface area contributed by atoms with Crippen LogP contribution in [0.15, 0.2) is 36.1 Å². The molecule has 3 nitrogen and oxygen atoms in total. The Balaban J connectivity index is 0.000000902. The summed E-state index contributed by atoms with van der Waals surface area (Å²) in [6.07, 6.45) is 3.81. The Morgan fingerprint density at radius 1 is 1.24 bits per heavy atom. The van der Waals surface area contributed by atoms with Crippen molar-refractivity contribution >= 4 is 38.1 Å². The van der Waals surface area contributed by atoms with Crippen molar-refractivity contribution in [3.63, 3.8) is 0 Å². The third-order valence-electron chi connectivity index (χ3n) is 2.74. The van der Waals surface area contributed by atoms with E-state index in [4.69, 9.17) is 0 Å². The summed E-state index contributed by atoms with van der Waals surface area (Å²) in [5.74, 6) is 0. The van der Waals surface area contributed by atoms with Gasteiger partial charge in [0.15, 0.2) is 0 Å². The van der Waals surface area contributed by atoms with E-state index in [-0.39, 0.29) is 20.1 Å². The summed E-state index contributed by atoms with van der Waals surface area (Å²) in [7, 11) is 0. The van der Waals surface area contributed by atoms with Gasteiger partial charge in [-0.3, -0.25) is 0 Å². The van der Waals surface area contributed by atoms with Gasteiger partial charge in [-0.25, -0.2) is 4.98 Å². The Bertz CT molecular complexity index is 749. The fraction of sp³-hybridized carbons (Fsp3) is 0. The van der Waals surface area contributed by atoms with Gasteiger partial charge in [-0.15, -0.1) is 11.3 Å². The molecule has 0 unspecified atom stereocenters. The van der Waals surface area contributed by atoms with Crippen LogP contribution in [0.4, 0.5) is 0 Å². The van der Waals surface area contributed by atoms with Crippen molar-refractivity contribution in [2.45, 2.75) is 0 Å². The number of thiazole rings is 1. The quantitative estimate of drug-likeness (QED) is 0.413. The fourth-order valence-corrected chi connectivity index (χ4v) is 2.87. The molecule has 0 aliphatic rings. The minimum Gasteiger partial charge on any atom is -0.382 e. The molecule has 0 amide bonds. The monoisotopic (exact) mass is 417 g/mol. The van der Waals surface area contributed by atoms with Crippen LogP contribution >= 0.6 is 11.3 Å². The van der Waals surface area contributed by atoms with Gasteiger partial charge in [-0.1, -0.05) is 17.8 Å². The van der Waals surface area contributed by atoms with Crippen LogP contribution in [0.25, 0.3) is 26.8 Å². The van der Waals surface area contributed by atoms with Crippen LogP contribution in [0.1, 0.15) is 0 Å². The molecule has 85 valence electrons. The minimum absolute atomic E-state index is 0. The molecule has 0 bridgehead atoms. The van der Waals surface area contributed by atoms with E-state index in [1.54, 1.807) is 17.5 Å². The van der Waals surface area contributed by atoms with Crippen molar-refractivity contribution in [3.05, 3.63) is 42.2 Å². The zero-order chi connectivity index (χ0) is 10.5. The van der Waals surface area contributed by atoms with Crippen LogP contribution in [-0.2, 0) is 20.1 Å². The zero-order valence-corrected chi connectivity index (χ0v) is 11.8. The summed E-state index contributed by atoms with van der Waals surface area (Å²) >= 11 is 1.64. The SMILES string of the molecule is [Ir].[c-]1ccn2c1c1ncccc1c1ncsc12. The predicted octanol–water partition coefficient (Wildman–Crippen LogP) is 2.89. The third-order valence-corrected chi connectivity index (χ3v) is 3.56. The summed E-state index contributed by atoms with van der Waals surface area (Å²) in [6, 6.07) is 9.15. The molecule has 4 heterocycles. The van der Waals surface area contributed by atoms with E-state index in [9.17, 15) is 0 Å². The summed E-state index contributed by atoms with van der Waals surface area (Å²) in [4.78, 5) is 9.99. The maximum absolute atomic E-state index is 4.42. The molecule has 0 fully saturated rings. The van der Waals surface area contributed by atoms with Crippen LogP contribution in [0.2, 0.25) is 0 Å². The number of aromatic nitrogens is 3. The van der Waals surface area contributed by atoms with Crippen molar-refractivity contribution in [1.82, 2.24) is 14.4 Å². The van der Waals surface area contributed by atoms with Gasteiger partial charge in [0.2, 0.25) is 0 Å². The van der Waals surface area contributed by atoms with Gasteiger partial charge < -0.3 is 9.38 Å². The van der Waals surface area contributed by atoms with Gasteiger partial charge in [0.1, 0.15) is 4.83 Å². The van der Waals surface area contributed by atoms with Gasteiger partial charge in [0.25, 0.3) is 0 Å². The van der Waals surface area contributed by atoms with E-state index in [2.05, 4.69) is 26.5 Å². The summed E-state index contributed by atoms with van der Waals surface area (Å²) in [6.45, 7) is 0. The normalized spacial score (nSPS) is 11.1. The predicted molar refractivity (Wildman–Crippen MR) is 64.7 cm³/mol. The van der Waals surface area contributed by atoms with Gasteiger partial charge >= 0.3 is 0 Å². The molecule has 5 heteroatoms. The van der Waals surface area contributed by atoms with Gasteiger partial charge in [0.05, 0.1) is 11.0 Å². The standard InChI is InChI=1S/C12H6N3S.Ir/c1-3-8-10(13-5-1)9-4-2-6-15(9)12-11(8)14-7-16-12;/h1-3,5-7H;/q-1;. The smallest absolute Gasteiger partial charge is 0.114 e. The van der Waals surface area contributed by atoms with Crippen molar-refractivity contribution < 1.29 is 20.1 Å². The molecule has 1 radical (unpaired) electrons. The molecule has 0 aliphatic heterocycles. The van der Waals surface area contributed by atoms with Gasteiger partial charge in [-0.2, -0.15) is 12.1 Å². The Labute approximate surface area is 114 Å². The Morgan fingerprint density at radius 3 is 3.12 bits per heavy atom. The number of fused-ring (bicyclic) bond motifs is 6. The van der Waals surface area contributed by atoms with Crippen molar-refractivity contribution in [2.75, 3.05) is 0 Å². The molecule has 0 aliphatic carbocycles. The maximum Gasteiger partial charge on any atom is 0.114 e. The Kier molecular flexibility index (Phi) is 2.47. The molecular formula is C12H6IrN3S-. The first-order chi connectivity index (χ1) is 7.95. The number of hydrogen-bond acceptors (Lipinski definition) is 3. The van der Waals surface area contributed by atoms with Gasteiger partial charge in [0, 0.05) is 26.3 Å². The number of hydrogen-bond donors (Lipinski definition) is 0. The topological polar surface area (TPSA) is 30.2 Å². The maximum atomic E-state index is 4.42. The molecule has 17 heavy (non-hydrogen) atoms. The van der Waals surface area contributed by atoms with Gasteiger partial charge in [-0.05, 0) is 17.0 Å². The number of pyridine rings is 2. The average molecular weight is 416 g/mol. The molecular weight excluding hydrogens is 410 g/mol. The van der Waals surface area contributed by atoms with Crippen LogP contribution in [0.5, 0.6) is 0 Å². The molecule has 4 aromatic rings. The number of rotatable bonds is 0. The first-order valence-corrected chi connectivity index (χ1v) is 5.82. The molecule has 0 aromatic carbocycles. The van der Waals surface area contributed by atoms with E-state index in [1.165, 1.54) is 0 Å². The molecule has 0 N–H and O–H groups in total. The average Bonchev–Trinajstić information content (AvgIpc) is 2.98. The van der Waals surface area contributed by atoms with Crippen LogP contribution in [-0.4, -0.2) is 14.4 Å². The summed E-state index contributed by atoms with van der Waals surface area (Å²) in [5, 5.41) is 1.10. The molecule has 0 saturated carbocycles. The van der Waals surface area contributed by atoms with Crippen LogP contribution < -0.4 is 0 Å². The van der Waals surface area contributed by atoms with Crippen LogP contribution in [0.3, 0.4) is 0 Å². The molecule has 4 rings (SSSR count). The summed E-state index contributed by atoms with van der Waals surface area (Å²) in [5.41, 5.74) is 4.87. The zero-order valence-electron chi connectivity index (χ0n) is 8.55. The fourth-order valence-electron chi connectivity index (χ4n) is 2.07.